The van der Waals surface area contributed by atoms with Gasteiger partial charge in [0.25, 0.3) is 0 Å². The first-order chi connectivity index (χ1) is 11.1. The summed E-state index contributed by atoms with van der Waals surface area (Å²) >= 11 is 1.43. The molecule has 0 spiro atoms. The smallest absolute Gasteiger partial charge is 0.410 e. The van der Waals surface area contributed by atoms with Crippen LogP contribution in [0.25, 0.3) is 16.5 Å². The molecule has 3 heterocycles. The number of nitrogens with two attached hydrogens (primary N) is 1. The fourth-order valence-corrected chi connectivity index (χ4v) is 2.48. The molecule has 0 saturated heterocycles. The van der Waals surface area contributed by atoms with Crippen molar-refractivity contribution in [3.05, 3.63) is 36.4 Å². The highest BCUT2D eigenvalue weighted by Crippen LogP contribution is 2.23. The molecule has 3 aromatic rings. The first-order valence-corrected chi connectivity index (χ1v) is 7.56. The van der Waals surface area contributed by atoms with Gasteiger partial charge in [-0.3, -0.25) is 0 Å². The van der Waals surface area contributed by atoms with Crippen molar-refractivity contribution in [2.75, 3.05) is 19.3 Å². The lowest BCUT2D eigenvalue weighted by atomic mass is 10.4. The van der Waals surface area contributed by atoms with E-state index in [0.717, 1.165) is 0 Å². The number of fused-ring (bicyclic) bond motifs is 1. The second-order valence-electron chi connectivity index (χ2n) is 4.70. The van der Waals surface area contributed by atoms with Crippen molar-refractivity contribution in [3.8, 4) is 16.6 Å². The minimum absolute atomic E-state index is 0.300. The van der Waals surface area contributed by atoms with E-state index in [1.54, 1.807) is 25.4 Å². The molecule has 0 unspecified atom stereocenters. The molecule has 118 valence electrons. The van der Waals surface area contributed by atoms with Crippen molar-refractivity contribution in [3.63, 3.8) is 0 Å². The number of likely N-dealkylation sites (N-methyl/N-ethyl adjacent to an activating group) is 1. The van der Waals surface area contributed by atoms with Gasteiger partial charge in [0.05, 0.1) is 0 Å². The van der Waals surface area contributed by atoms with Gasteiger partial charge in [0.1, 0.15) is 11.6 Å². The van der Waals surface area contributed by atoms with Crippen LogP contribution >= 0.6 is 11.3 Å². The van der Waals surface area contributed by atoms with E-state index in [9.17, 15) is 4.79 Å². The Morgan fingerprint density at radius 2 is 2.39 bits per heavy atom. The van der Waals surface area contributed by atoms with E-state index in [-0.39, 0.29) is 0 Å². The van der Waals surface area contributed by atoms with Crippen LogP contribution in [0.4, 0.5) is 10.6 Å². The zero-order valence-electron chi connectivity index (χ0n) is 12.3. The summed E-state index contributed by atoms with van der Waals surface area (Å²) < 4.78 is 6.76. The largest absolute Gasteiger partial charge is 0.415 e. The number of hydrogen-bond donors (Lipinski definition) is 1. The van der Waals surface area contributed by atoms with Crippen LogP contribution in [-0.2, 0) is 0 Å². The summed E-state index contributed by atoms with van der Waals surface area (Å²) in [4.78, 5) is 21.8. The Kier molecular flexibility index (Phi) is 3.94. The van der Waals surface area contributed by atoms with Crippen LogP contribution in [0, 0.1) is 0 Å². The van der Waals surface area contributed by atoms with Crippen LogP contribution in [0.2, 0.25) is 0 Å². The summed E-state index contributed by atoms with van der Waals surface area (Å²) in [5.74, 6) is 1.08. The fourth-order valence-electron chi connectivity index (χ4n) is 1.91. The predicted molar refractivity (Wildman–Crippen MR) is 87.4 cm³/mol. The molecule has 23 heavy (non-hydrogen) atoms. The number of nitrogen functional groups attached to an aromatic ring is 1. The molecule has 0 fully saturated rings. The molecule has 3 rings (SSSR count). The lowest BCUT2D eigenvalue weighted by Gasteiger charge is -2.14. The van der Waals surface area contributed by atoms with Gasteiger partial charge in [0.2, 0.25) is 5.82 Å². The number of hydrogen-bond acceptors (Lipinski definition) is 7. The summed E-state index contributed by atoms with van der Waals surface area (Å²) in [5, 5.41) is 6.84. The van der Waals surface area contributed by atoms with E-state index in [1.165, 1.54) is 26.8 Å². The van der Waals surface area contributed by atoms with E-state index >= 15 is 0 Å². The number of aromatic nitrogens is 4. The second-order valence-corrected chi connectivity index (χ2v) is 5.59. The van der Waals surface area contributed by atoms with Gasteiger partial charge < -0.3 is 15.4 Å². The number of nitrogens with zero attached hydrogens (tertiary/aromatic N) is 5. The minimum Gasteiger partial charge on any atom is -0.410 e. The number of carbonyl (C=O) groups is 1. The van der Waals surface area contributed by atoms with Gasteiger partial charge in [-0.2, -0.15) is 4.52 Å². The Balaban J connectivity index is 1.91. The summed E-state index contributed by atoms with van der Waals surface area (Å²) in [7, 11) is 1.61. The van der Waals surface area contributed by atoms with Crippen molar-refractivity contribution in [1.29, 1.82) is 0 Å². The number of pyridine rings is 1. The third kappa shape index (κ3) is 2.99. The molecule has 1 amide bonds. The molecule has 8 nitrogen and oxygen atoms in total. The average Bonchev–Trinajstić information content (AvgIpc) is 3.16. The van der Waals surface area contributed by atoms with Gasteiger partial charge in [0, 0.05) is 37.3 Å². The predicted octanol–water partition coefficient (Wildman–Crippen LogP) is 2.05. The molecule has 0 bridgehead atoms. The summed E-state index contributed by atoms with van der Waals surface area (Å²) in [5.41, 5.74) is 6.43. The van der Waals surface area contributed by atoms with Gasteiger partial charge in [-0.1, -0.05) is 6.08 Å². The molecule has 9 heteroatoms. The molecule has 0 aliphatic rings. The zero-order chi connectivity index (χ0) is 16.4. The van der Waals surface area contributed by atoms with Crippen molar-refractivity contribution in [2.45, 2.75) is 0 Å². The van der Waals surface area contributed by atoms with Crippen LogP contribution in [0.5, 0.6) is 5.75 Å². The lowest BCUT2D eigenvalue weighted by molar-refractivity contribution is 0.167. The number of ether oxygens (including phenoxy) is 1. The first-order valence-electron chi connectivity index (χ1n) is 6.68. The van der Waals surface area contributed by atoms with E-state index < -0.39 is 6.09 Å². The Labute approximate surface area is 135 Å². The second kappa shape index (κ2) is 6.05. The Bertz CT molecular complexity index is 858. The normalized spacial score (nSPS) is 10.7. The van der Waals surface area contributed by atoms with Crippen molar-refractivity contribution >= 4 is 28.9 Å². The Morgan fingerprint density at radius 3 is 3.09 bits per heavy atom. The maximum Gasteiger partial charge on any atom is 0.415 e. The molecule has 0 aliphatic heterocycles. The molecule has 0 saturated carbocycles. The maximum atomic E-state index is 11.9. The molecule has 3 aromatic heterocycles. The lowest BCUT2D eigenvalue weighted by Crippen LogP contribution is -2.29. The van der Waals surface area contributed by atoms with E-state index in [0.29, 0.717) is 34.6 Å². The Hall–Kier alpha value is -2.94. The topological polar surface area (TPSA) is 98.6 Å². The van der Waals surface area contributed by atoms with E-state index in [4.69, 9.17) is 10.5 Å². The van der Waals surface area contributed by atoms with Crippen LogP contribution in [0.3, 0.4) is 0 Å². The third-order valence-corrected chi connectivity index (χ3v) is 3.75. The number of amides is 1. The zero-order valence-corrected chi connectivity index (χ0v) is 13.2. The molecule has 2 N–H and O–H groups in total. The minimum atomic E-state index is -0.506. The highest BCUT2D eigenvalue weighted by molar-refractivity contribution is 7.13. The standard InChI is InChI=1S/C14H14N6O2S/c1-3-5-19(2)14(21)22-9-7-10(15)20-11(8-9)17-12(18-20)13-16-4-6-23-13/h3-4,6-8H,1,5,15H2,2H3. The van der Waals surface area contributed by atoms with Crippen LogP contribution < -0.4 is 10.5 Å². The molecule has 0 atom stereocenters. The van der Waals surface area contributed by atoms with Crippen molar-refractivity contribution < 1.29 is 9.53 Å². The van der Waals surface area contributed by atoms with Crippen molar-refractivity contribution in [2.24, 2.45) is 0 Å². The van der Waals surface area contributed by atoms with Gasteiger partial charge in [0.15, 0.2) is 10.7 Å². The number of thiazole rings is 1. The first kappa shape index (κ1) is 15.0. The SMILES string of the molecule is C=CCN(C)C(=O)Oc1cc(N)n2nc(-c3nccs3)nc2c1. The summed E-state index contributed by atoms with van der Waals surface area (Å²) in [6.45, 7) is 3.96. The van der Waals surface area contributed by atoms with Gasteiger partial charge in [-0.15, -0.1) is 23.0 Å². The number of anilines is 1. The van der Waals surface area contributed by atoms with Gasteiger partial charge >= 0.3 is 6.09 Å². The molecule has 0 radical (unpaired) electrons. The molecular formula is C14H14N6O2S. The van der Waals surface area contributed by atoms with E-state index in [2.05, 4.69) is 21.6 Å². The van der Waals surface area contributed by atoms with Crippen LogP contribution in [0.1, 0.15) is 0 Å². The van der Waals surface area contributed by atoms with Gasteiger partial charge in [-0.05, 0) is 0 Å². The average molecular weight is 330 g/mol. The quantitative estimate of drug-likeness (QED) is 0.735. The summed E-state index contributed by atoms with van der Waals surface area (Å²) in [6, 6.07) is 3.12. The summed E-state index contributed by atoms with van der Waals surface area (Å²) in [6.07, 6.45) is 2.78. The van der Waals surface area contributed by atoms with Gasteiger partial charge in [-0.25, -0.2) is 14.8 Å². The maximum absolute atomic E-state index is 11.9. The highest BCUT2D eigenvalue weighted by Gasteiger charge is 2.15. The molecular weight excluding hydrogens is 316 g/mol. The van der Waals surface area contributed by atoms with Crippen LogP contribution in [-0.4, -0.2) is 44.2 Å². The highest BCUT2D eigenvalue weighted by atomic mass is 32.1. The number of rotatable bonds is 4. The Morgan fingerprint density at radius 1 is 1.57 bits per heavy atom. The molecule has 0 aliphatic carbocycles. The van der Waals surface area contributed by atoms with Crippen molar-refractivity contribution in [1.82, 2.24) is 24.5 Å². The van der Waals surface area contributed by atoms with Crippen LogP contribution in [0.15, 0.2) is 36.4 Å². The number of carbonyl (C=O) groups excluding carboxylic acids is 1. The molecule has 0 aromatic carbocycles. The fraction of sp³-hybridized carbons (Fsp3) is 0.143. The monoisotopic (exact) mass is 330 g/mol. The van der Waals surface area contributed by atoms with E-state index in [1.807, 2.05) is 5.38 Å². The third-order valence-electron chi connectivity index (χ3n) is 2.98.